The highest BCUT2D eigenvalue weighted by Gasteiger charge is 2.07. The van der Waals surface area contributed by atoms with Gasteiger partial charge in [-0.2, -0.15) is 5.10 Å². The van der Waals surface area contributed by atoms with Crippen molar-refractivity contribution >= 4 is 0 Å². The van der Waals surface area contributed by atoms with Crippen molar-refractivity contribution in [1.82, 2.24) is 15.1 Å². The number of hydrogen-bond acceptors (Lipinski definition) is 3. The number of hydrogen-bond donors (Lipinski definition) is 1. The number of aromatic nitrogens is 2. The normalized spacial score (nSPS) is 10.7. The number of nitrogens with zero attached hydrogens (tertiary/aromatic N) is 2. The minimum absolute atomic E-state index is 0.0336. The van der Waals surface area contributed by atoms with Gasteiger partial charge in [-0.25, -0.2) is 4.68 Å². The first-order valence-corrected chi connectivity index (χ1v) is 7.05. The molecule has 0 radical (unpaired) electrons. The predicted octanol–water partition coefficient (Wildman–Crippen LogP) is 2.34. The van der Waals surface area contributed by atoms with Gasteiger partial charge in [0.25, 0.3) is 5.56 Å². The lowest BCUT2D eigenvalue weighted by atomic mass is 10.1. The topological polar surface area (TPSA) is 46.9 Å². The van der Waals surface area contributed by atoms with Crippen molar-refractivity contribution in [3.05, 3.63) is 52.3 Å². The fraction of sp³-hybridized carbons (Fsp3) is 0.375. The summed E-state index contributed by atoms with van der Waals surface area (Å²) in [6.07, 6.45) is 2.27. The van der Waals surface area contributed by atoms with Crippen LogP contribution < -0.4 is 10.9 Å². The fourth-order valence-corrected chi connectivity index (χ4v) is 2.07. The third kappa shape index (κ3) is 3.54. The summed E-state index contributed by atoms with van der Waals surface area (Å²) in [4.78, 5) is 12.1. The molecule has 0 saturated carbocycles. The summed E-state index contributed by atoms with van der Waals surface area (Å²) in [5.74, 6) is 0. The molecule has 0 aliphatic carbocycles. The monoisotopic (exact) mass is 271 g/mol. The second-order valence-corrected chi connectivity index (χ2v) is 4.88. The van der Waals surface area contributed by atoms with Crippen LogP contribution in [0.15, 0.2) is 41.2 Å². The van der Waals surface area contributed by atoms with Gasteiger partial charge >= 0.3 is 0 Å². The number of benzene rings is 1. The molecular weight excluding hydrogens is 250 g/mol. The lowest BCUT2D eigenvalue weighted by molar-refractivity contribution is 0.623. The molecule has 0 bridgehead atoms. The lowest BCUT2D eigenvalue weighted by Crippen LogP contribution is -2.28. The minimum Gasteiger partial charge on any atom is -0.312 e. The van der Waals surface area contributed by atoms with Gasteiger partial charge in [-0.15, -0.1) is 0 Å². The molecule has 0 unspecified atom stereocenters. The summed E-state index contributed by atoms with van der Waals surface area (Å²) in [6, 6.07) is 11.8. The Morgan fingerprint density at radius 1 is 1.25 bits per heavy atom. The highest BCUT2D eigenvalue weighted by molar-refractivity contribution is 5.58. The van der Waals surface area contributed by atoms with Gasteiger partial charge in [-0.3, -0.25) is 4.79 Å². The second-order valence-electron chi connectivity index (χ2n) is 4.88. The quantitative estimate of drug-likeness (QED) is 0.820. The van der Waals surface area contributed by atoms with Crippen molar-refractivity contribution in [2.75, 3.05) is 6.54 Å². The zero-order valence-electron chi connectivity index (χ0n) is 12.1. The van der Waals surface area contributed by atoms with Crippen LogP contribution in [0.25, 0.3) is 11.3 Å². The van der Waals surface area contributed by atoms with E-state index < -0.39 is 0 Å². The molecule has 1 aromatic carbocycles. The predicted molar refractivity (Wildman–Crippen MR) is 81.5 cm³/mol. The van der Waals surface area contributed by atoms with Gasteiger partial charge in [-0.1, -0.05) is 43.7 Å². The van der Waals surface area contributed by atoms with Crippen molar-refractivity contribution in [3.63, 3.8) is 0 Å². The molecule has 1 aromatic heterocycles. The standard InChI is InChI=1S/C16H21N3O/c1-3-4-10-17-12-14-11-15(18-19(2)16(14)20)13-8-6-5-7-9-13/h5-9,11,17H,3-4,10,12H2,1-2H3. The first-order valence-electron chi connectivity index (χ1n) is 7.05. The van der Waals surface area contributed by atoms with Crippen LogP contribution in [0.3, 0.4) is 0 Å². The lowest BCUT2D eigenvalue weighted by Gasteiger charge is -2.08. The highest BCUT2D eigenvalue weighted by atomic mass is 16.1. The van der Waals surface area contributed by atoms with Gasteiger partial charge in [0.2, 0.25) is 0 Å². The average Bonchev–Trinajstić information content (AvgIpc) is 2.48. The molecule has 0 aliphatic rings. The smallest absolute Gasteiger partial charge is 0.271 e. The first kappa shape index (κ1) is 14.5. The molecular formula is C16H21N3O. The molecule has 1 N–H and O–H groups in total. The summed E-state index contributed by atoms with van der Waals surface area (Å²) in [7, 11) is 1.70. The number of unbranched alkanes of at least 4 members (excludes halogenated alkanes) is 1. The van der Waals surface area contributed by atoms with Gasteiger partial charge in [0.1, 0.15) is 0 Å². The van der Waals surface area contributed by atoms with E-state index >= 15 is 0 Å². The Balaban J connectivity index is 2.24. The molecule has 0 saturated heterocycles. The van der Waals surface area contributed by atoms with Crippen LogP contribution in [0.5, 0.6) is 0 Å². The van der Waals surface area contributed by atoms with Gasteiger partial charge in [-0.05, 0) is 19.0 Å². The average molecular weight is 271 g/mol. The Morgan fingerprint density at radius 3 is 2.70 bits per heavy atom. The molecule has 0 fully saturated rings. The molecule has 0 spiro atoms. The van der Waals surface area contributed by atoms with Crippen molar-refractivity contribution in [1.29, 1.82) is 0 Å². The molecule has 2 rings (SSSR count). The van der Waals surface area contributed by atoms with Gasteiger partial charge in [0.05, 0.1) is 5.69 Å². The molecule has 0 atom stereocenters. The van der Waals surface area contributed by atoms with E-state index in [-0.39, 0.29) is 5.56 Å². The first-order chi connectivity index (χ1) is 9.72. The van der Waals surface area contributed by atoms with Gasteiger partial charge in [0.15, 0.2) is 0 Å². The van der Waals surface area contributed by atoms with E-state index in [1.807, 2.05) is 36.4 Å². The Kier molecular flexibility index (Phi) is 5.07. The molecule has 4 heteroatoms. The van der Waals surface area contributed by atoms with Crippen molar-refractivity contribution < 1.29 is 0 Å². The summed E-state index contributed by atoms with van der Waals surface area (Å²) >= 11 is 0. The van der Waals surface area contributed by atoms with Crippen LogP contribution >= 0.6 is 0 Å². The van der Waals surface area contributed by atoms with Crippen LogP contribution in [0.1, 0.15) is 25.3 Å². The van der Waals surface area contributed by atoms with E-state index in [9.17, 15) is 4.79 Å². The number of rotatable bonds is 6. The zero-order chi connectivity index (χ0) is 14.4. The van der Waals surface area contributed by atoms with Crippen molar-refractivity contribution in [3.8, 4) is 11.3 Å². The largest absolute Gasteiger partial charge is 0.312 e. The Morgan fingerprint density at radius 2 is 2.00 bits per heavy atom. The summed E-state index contributed by atoms with van der Waals surface area (Å²) in [5, 5.41) is 7.63. The van der Waals surface area contributed by atoms with E-state index in [2.05, 4.69) is 17.3 Å². The maximum atomic E-state index is 12.1. The molecule has 106 valence electrons. The molecule has 0 aliphatic heterocycles. The molecule has 0 amide bonds. The summed E-state index contributed by atoms with van der Waals surface area (Å²) in [5.41, 5.74) is 2.59. The summed E-state index contributed by atoms with van der Waals surface area (Å²) < 4.78 is 1.42. The molecule has 4 nitrogen and oxygen atoms in total. The van der Waals surface area contributed by atoms with E-state index in [1.165, 1.54) is 4.68 Å². The Hall–Kier alpha value is -1.94. The van der Waals surface area contributed by atoms with E-state index in [1.54, 1.807) is 7.05 Å². The van der Waals surface area contributed by atoms with E-state index in [0.717, 1.165) is 36.2 Å². The van der Waals surface area contributed by atoms with E-state index in [0.29, 0.717) is 6.54 Å². The van der Waals surface area contributed by atoms with Crippen LogP contribution in [0.4, 0.5) is 0 Å². The fourth-order valence-electron chi connectivity index (χ4n) is 2.07. The molecule has 2 aromatic rings. The molecule has 20 heavy (non-hydrogen) atoms. The number of aryl methyl sites for hydroxylation is 1. The van der Waals surface area contributed by atoms with Crippen molar-refractivity contribution in [2.24, 2.45) is 7.05 Å². The van der Waals surface area contributed by atoms with Crippen LogP contribution in [0.2, 0.25) is 0 Å². The SMILES string of the molecule is CCCCNCc1cc(-c2ccccc2)nn(C)c1=O. The molecule has 1 heterocycles. The maximum absolute atomic E-state index is 12.1. The third-order valence-corrected chi connectivity index (χ3v) is 3.23. The van der Waals surface area contributed by atoms with Gasteiger partial charge < -0.3 is 5.32 Å². The Labute approximate surface area is 119 Å². The van der Waals surface area contributed by atoms with E-state index in [4.69, 9.17) is 0 Å². The maximum Gasteiger partial charge on any atom is 0.271 e. The zero-order valence-corrected chi connectivity index (χ0v) is 12.1. The second kappa shape index (κ2) is 7.01. The number of nitrogens with one attached hydrogen (secondary N) is 1. The van der Waals surface area contributed by atoms with Crippen LogP contribution in [0, 0.1) is 0 Å². The van der Waals surface area contributed by atoms with Crippen molar-refractivity contribution in [2.45, 2.75) is 26.3 Å². The van der Waals surface area contributed by atoms with Crippen LogP contribution in [-0.2, 0) is 13.6 Å². The van der Waals surface area contributed by atoms with Crippen LogP contribution in [-0.4, -0.2) is 16.3 Å². The Bertz CT molecular complexity index is 605. The minimum atomic E-state index is -0.0336. The highest BCUT2D eigenvalue weighted by Crippen LogP contribution is 2.15. The third-order valence-electron chi connectivity index (χ3n) is 3.23. The summed E-state index contributed by atoms with van der Waals surface area (Å²) in [6.45, 7) is 3.68. The van der Waals surface area contributed by atoms with Gasteiger partial charge in [0, 0.05) is 24.7 Å².